The van der Waals surface area contributed by atoms with Crippen LogP contribution in [0.5, 0.6) is 0 Å². The van der Waals surface area contributed by atoms with Crippen LogP contribution in [0, 0.1) is 92.7 Å². The molecule has 0 aromatic rings. The number of carboxylic acids is 1. The Labute approximate surface area is 328 Å². The van der Waals surface area contributed by atoms with Gasteiger partial charge in [-0.05, 0) is 177 Å². The number of carbonyl (C=O) groups is 3. The van der Waals surface area contributed by atoms with Gasteiger partial charge in [-0.3, -0.25) is 14.4 Å². The van der Waals surface area contributed by atoms with Gasteiger partial charge in [0.25, 0.3) is 0 Å². The molecule has 6 nitrogen and oxygen atoms in total. The first kappa shape index (κ1) is 40.9. The van der Waals surface area contributed by atoms with Crippen molar-refractivity contribution in [3.63, 3.8) is 0 Å². The number of hydrogen-bond donors (Lipinski definition) is 3. The van der Waals surface area contributed by atoms with Crippen LogP contribution in [-0.4, -0.2) is 45.1 Å². The predicted molar refractivity (Wildman–Crippen MR) is 213 cm³/mol. The summed E-state index contributed by atoms with van der Waals surface area (Å²) >= 11 is 0. The second kappa shape index (κ2) is 15.2. The minimum atomic E-state index is -0.698. The minimum Gasteiger partial charge on any atom is -0.481 e. The molecule has 0 aromatic heterocycles. The van der Waals surface area contributed by atoms with Crippen LogP contribution >= 0.6 is 0 Å². The third kappa shape index (κ3) is 6.71. The van der Waals surface area contributed by atoms with E-state index < -0.39 is 5.97 Å². The van der Waals surface area contributed by atoms with E-state index in [9.17, 15) is 24.6 Å². The minimum absolute atomic E-state index is 0.169. The molecule has 0 spiro atoms. The molecule has 0 saturated heterocycles. The maximum absolute atomic E-state index is 13.3. The zero-order chi connectivity index (χ0) is 39.0. The monoisotopic (exact) mass is 751 g/mol. The number of rotatable bonds is 7. The van der Waals surface area contributed by atoms with E-state index in [0.717, 1.165) is 82.5 Å². The number of hydrogen-bond acceptors (Lipinski definition) is 5. The van der Waals surface area contributed by atoms with Gasteiger partial charge in [0.1, 0.15) is 11.6 Å². The van der Waals surface area contributed by atoms with E-state index in [-0.39, 0.29) is 35.4 Å². The normalized spacial score (nSPS) is 50.5. The summed E-state index contributed by atoms with van der Waals surface area (Å²) in [7, 11) is 0. The van der Waals surface area contributed by atoms with Crippen LogP contribution in [0.3, 0.4) is 0 Å². The maximum Gasteiger partial charge on any atom is 0.303 e. The molecule has 54 heavy (non-hydrogen) atoms. The lowest BCUT2D eigenvalue weighted by molar-refractivity contribution is -0.161. The van der Waals surface area contributed by atoms with Crippen LogP contribution in [0.4, 0.5) is 0 Å². The van der Waals surface area contributed by atoms with Gasteiger partial charge < -0.3 is 15.3 Å². The standard InChI is InChI=1S/C24H38O4.C24H40O2/c1-14(4-7-21(27)28)17-5-6-18-22-19(9-11-24(17,18)3)23(2)10-8-16(25)12-15(23)13-20(22)26;1-5-6-15(2)18-7-8-19-22-20(10-12-24(18,19)4)23(3)11-9-17(25)13-16(23)14-21(22)26/h14-19,22,25H,4-13H2,1-3H3,(H,27,28);15-20,22,25H,5-14H2,1-4H3/t14-,15?,16-,17-,18?,19?,22?,23+,24-;15-,16?,17-,18-,19?,20?,22?,23+,24-/m11/s1. The van der Waals surface area contributed by atoms with E-state index in [2.05, 4.69) is 48.5 Å². The fourth-order valence-corrected chi connectivity index (χ4v) is 17.0. The van der Waals surface area contributed by atoms with Gasteiger partial charge in [-0.25, -0.2) is 0 Å². The van der Waals surface area contributed by atoms with E-state index in [0.29, 0.717) is 82.1 Å². The van der Waals surface area contributed by atoms with Gasteiger partial charge in [0.2, 0.25) is 0 Å². The molecule has 8 aliphatic carbocycles. The first-order valence-electron chi connectivity index (χ1n) is 23.1. The molecular formula is C48H78O6. The van der Waals surface area contributed by atoms with Crippen molar-refractivity contribution < 1.29 is 29.7 Å². The van der Waals surface area contributed by atoms with Crippen molar-refractivity contribution in [2.45, 2.75) is 189 Å². The summed E-state index contributed by atoms with van der Waals surface area (Å²) in [6.07, 6.45) is 20.2. The predicted octanol–water partition coefficient (Wildman–Crippen LogP) is 10.3. The first-order chi connectivity index (χ1) is 25.5. The van der Waals surface area contributed by atoms with Gasteiger partial charge in [0, 0.05) is 31.1 Å². The van der Waals surface area contributed by atoms with E-state index in [1.54, 1.807) is 0 Å². The first-order valence-corrected chi connectivity index (χ1v) is 23.1. The highest BCUT2D eigenvalue weighted by molar-refractivity contribution is 5.84. The van der Waals surface area contributed by atoms with Crippen molar-refractivity contribution in [2.75, 3.05) is 0 Å². The van der Waals surface area contributed by atoms with Crippen LogP contribution in [0.15, 0.2) is 0 Å². The number of carbonyl (C=O) groups excluding carboxylic acids is 2. The quantitative estimate of drug-likeness (QED) is 0.239. The van der Waals surface area contributed by atoms with Gasteiger partial charge in [0.05, 0.1) is 12.2 Å². The second-order valence-electron chi connectivity index (χ2n) is 22.2. The highest BCUT2D eigenvalue weighted by atomic mass is 16.4. The number of ketones is 2. The van der Waals surface area contributed by atoms with Crippen LogP contribution in [-0.2, 0) is 14.4 Å². The van der Waals surface area contributed by atoms with Gasteiger partial charge in [-0.2, -0.15) is 0 Å². The molecule has 0 radical (unpaired) electrons. The molecule has 6 heteroatoms. The summed E-state index contributed by atoms with van der Waals surface area (Å²) in [6.45, 7) is 16.9. The molecule has 8 unspecified atom stereocenters. The molecule has 8 rings (SSSR count). The van der Waals surface area contributed by atoms with E-state index in [1.165, 1.54) is 44.9 Å². The molecule has 306 valence electrons. The fourth-order valence-electron chi connectivity index (χ4n) is 17.0. The summed E-state index contributed by atoms with van der Waals surface area (Å²) in [6, 6.07) is 0. The summed E-state index contributed by atoms with van der Waals surface area (Å²) in [5, 5.41) is 29.4. The fraction of sp³-hybridized carbons (Fsp3) is 0.938. The van der Waals surface area contributed by atoms with E-state index >= 15 is 0 Å². The highest BCUT2D eigenvalue weighted by Gasteiger charge is 2.64. The zero-order valence-corrected chi connectivity index (χ0v) is 35.3. The van der Waals surface area contributed by atoms with Gasteiger partial charge >= 0.3 is 5.97 Å². The number of aliphatic hydroxyl groups excluding tert-OH is 2. The molecule has 8 aliphatic rings. The van der Waals surface area contributed by atoms with E-state index in [1.807, 2.05) is 0 Å². The van der Waals surface area contributed by atoms with Gasteiger partial charge in [-0.15, -0.1) is 0 Å². The van der Waals surface area contributed by atoms with Gasteiger partial charge in [0.15, 0.2) is 0 Å². The second-order valence-corrected chi connectivity index (χ2v) is 22.2. The Morgan fingerprint density at radius 1 is 0.611 bits per heavy atom. The Hall–Kier alpha value is -1.27. The average Bonchev–Trinajstić information content (AvgIpc) is 3.66. The highest BCUT2D eigenvalue weighted by Crippen LogP contribution is 2.69. The Balaban J connectivity index is 0.000000167. The Morgan fingerprint density at radius 3 is 1.41 bits per heavy atom. The van der Waals surface area contributed by atoms with Crippen LogP contribution in [0.1, 0.15) is 177 Å². The van der Waals surface area contributed by atoms with Crippen molar-refractivity contribution >= 4 is 17.5 Å². The van der Waals surface area contributed by atoms with E-state index in [4.69, 9.17) is 5.11 Å². The number of fused-ring (bicyclic) bond motifs is 10. The topological polar surface area (TPSA) is 112 Å². The van der Waals surface area contributed by atoms with Crippen LogP contribution in [0.25, 0.3) is 0 Å². The molecule has 0 aromatic carbocycles. The Morgan fingerprint density at radius 2 is 1.00 bits per heavy atom. The molecular weight excluding hydrogens is 673 g/mol. The largest absolute Gasteiger partial charge is 0.481 e. The van der Waals surface area contributed by atoms with Crippen molar-refractivity contribution in [1.29, 1.82) is 0 Å². The van der Waals surface area contributed by atoms with Crippen LogP contribution in [0.2, 0.25) is 0 Å². The molecule has 3 N–H and O–H groups in total. The molecule has 8 saturated carbocycles. The summed E-state index contributed by atoms with van der Waals surface area (Å²) in [4.78, 5) is 37.7. The summed E-state index contributed by atoms with van der Waals surface area (Å²) < 4.78 is 0. The van der Waals surface area contributed by atoms with Gasteiger partial charge in [-0.1, -0.05) is 61.3 Å². The SMILES string of the molecule is CCC[C@@H](C)[C@H]1CCC2C3C(=O)CC4C[C@H](O)CC[C@]4(C)C3CC[C@@]21C.C[C@H](CCC(=O)O)[C@H]1CCC2C3C(=O)CC4C[C@H](O)CC[C@]4(C)C3CC[C@@]21C. The molecule has 0 aliphatic heterocycles. The smallest absolute Gasteiger partial charge is 0.303 e. The molecule has 18 atom stereocenters. The number of Topliss-reactive ketones (excluding diaryl/α,β-unsaturated/α-hetero) is 2. The van der Waals surface area contributed by atoms with Crippen molar-refractivity contribution in [3.05, 3.63) is 0 Å². The Bertz CT molecular complexity index is 1410. The number of aliphatic carboxylic acids is 1. The van der Waals surface area contributed by atoms with Crippen molar-refractivity contribution in [1.82, 2.24) is 0 Å². The number of carboxylic acid groups (broad SMARTS) is 1. The summed E-state index contributed by atoms with van der Waals surface area (Å²) in [5.74, 6) is 6.40. The zero-order valence-electron chi connectivity index (χ0n) is 35.3. The summed E-state index contributed by atoms with van der Waals surface area (Å²) in [5.41, 5.74) is 1.09. The lowest BCUT2D eigenvalue weighted by Crippen LogP contribution is -2.57. The maximum atomic E-state index is 13.3. The molecule has 0 bridgehead atoms. The van der Waals surface area contributed by atoms with Crippen LogP contribution < -0.4 is 0 Å². The third-order valence-electron chi connectivity index (χ3n) is 20.0. The lowest BCUT2D eigenvalue weighted by atomic mass is 9.44. The third-order valence-corrected chi connectivity index (χ3v) is 20.0. The lowest BCUT2D eigenvalue weighted by Gasteiger charge is -2.60. The molecule has 0 heterocycles. The average molecular weight is 751 g/mol. The Kier molecular flexibility index (Phi) is 11.5. The molecule has 8 fully saturated rings. The van der Waals surface area contributed by atoms with Crippen molar-refractivity contribution in [3.8, 4) is 0 Å². The number of aliphatic hydroxyl groups is 2. The van der Waals surface area contributed by atoms with Crippen molar-refractivity contribution in [2.24, 2.45) is 92.7 Å². The molecule has 0 amide bonds.